The first-order valence-electron chi connectivity index (χ1n) is 6.90. The van der Waals surface area contributed by atoms with Crippen LogP contribution >= 0.6 is 0 Å². The number of anilines is 1. The number of carbonyl (C=O) groups excluding carboxylic acids is 1. The van der Waals surface area contributed by atoms with Crippen molar-refractivity contribution in [2.75, 3.05) is 24.6 Å². The summed E-state index contributed by atoms with van der Waals surface area (Å²) in [5.41, 5.74) is 8.92. The molecule has 0 spiro atoms. The second-order valence-corrected chi connectivity index (χ2v) is 5.07. The summed E-state index contributed by atoms with van der Waals surface area (Å²) >= 11 is 0. The lowest BCUT2D eigenvalue weighted by Gasteiger charge is -2.34. The summed E-state index contributed by atoms with van der Waals surface area (Å²) in [6, 6.07) is 6.14. The second kappa shape index (κ2) is 6.06. The van der Waals surface area contributed by atoms with Crippen LogP contribution in [0.3, 0.4) is 0 Å². The van der Waals surface area contributed by atoms with E-state index in [-0.39, 0.29) is 6.09 Å². The lowest BCUT2D eigenvalue weighted by atomic mass is 10.0. The van der Waals surface area contributed by atoms with Gasteiger partial charge in [-0.15, -0.1) is 0 Å². The molecule has 1 aromatic carbocycles. The highest BCUT2D eigenvalue weighted by molar-refractivity contribution is 5.90. The molecule has 1 aliphatic rings. The van der Waals surface area contributed by atoms with E-state index in [2.05, 4.69) is 13.0 Å². The van der Waals surface area contributed by atoms with E-state index in [1.165, 1.54) is 5.56 Å². The molecule has 0 aromatic heterocycles. The molecule has 2 N–H and O–H groups in total. The number of carbonyl (C=O) groups is 1. The minimum absolute atomic E-state index is 0.239. The predicted molar refractivity (Wildman–Crippen MR) is 76.4 cm³/mol. The third-order valence-electron chi connectivity index (χ3n) is 3.65. The summed E-state index contributed by atoms with van der Waals surface area (Å²) in [4.78, 5) is 13.8. The van der Waals surface area contributed by atoms with Crippen LogP contribution in [0, 0.1) is 12.8 Å². The van der Waals surface area contributed by atoms with Gasteiger partial charge in [0.15, 0.2) is 0 Å². The summed E-state index contributed by atoms with van der Waals surface area (Å²) < 4.78 is 5.30. The van der Waals surface area contributed by atoms with Crippen LogP contribution < -0.4 is 10.6 Å². The smallest absolute Gasteiger partial charge is 0.414 e. The van der Waals surface area contributed by atoms with Gasteiger partial charge in [0.1, 0.15) is 0 Å². The van der Waals surface area contributed by atoms with Gasteiger partial charge in [-0.25, -0.2) is 4.79 Å². The van der Waals surface area contributed by atoms with Crippen molar-refractivity contribution in [2.45, 2.75) is 26.7 Å². The zero-order valence-corrected chi connectivity index (χ0v) is 11.7. The molecule has 0 bridgehead atoms. The molecule has 1 amide bonds. The number of nitrogens with two attached hydrogens (primary N) is 1. The molecule has 2 rings (SSSR count). The number of amides is 1. The first-order chi connectivity index (χ1) is 9.17. The molecule has 4 nitrogen and oxygen atoms in total. The quantitative estimate of drug-likeness (QED) is 0.907. The highest BCUT2D eigenvalue weighted by atomic mass is 16.6. The SMILES string of the molecule is CCc1cccc(C)c1N1CC(CCN)COC1=O. The van der Waals surface area contributed by atoms with Crippen molar-refractivity contribution in [3.63, 3.8) is 0 Å². The number of hydrogen-bond acceptors (Lipinski definition) is 3. The monoisotopic (exact) mass is 262 g/mol. The second-order valence-electron chi connectivity index (χ2n) is 5.07. The highest BCUT2D eigenvalue weighted by Crippen LogP contribution is 2.29. The van der Waals surface area contributed by atoms with Crippen molar-refractivity contribution in [3.05, 3.63) is 29.3 Å². The van der Waals surface area contributed by atoms with Gasteiger partial charge in [0, 0.05) is 12.5 Å². The van der Waals surface area contributed by atoms with E-state index < -0.39 is 0 Å². The average molecular weight is 262 g/mol. The van der Waals surface area contributed by atoms with Crippen LogP contribution in [0.15, 0.2) is 18.2 Å². The van der Waals surface area contributed by atoms with Crippen LogP contribution in [-0.4, -0.2) is 25.8 Å². The maximum atomic E-state index is 12.0. The average Bonchev–Trinajstić information content (AvgIpc) is 2.41. The molecular formula is C15H22N2O2. The maximum absolute atomic E-state index is 12.0. The molecule has 4 heteroatoms. The van der Waals surface area contributed by atoms with E-state index in [9.17, 15) is 4.79 Å². The Kier molecular flexibility index (Phi) is 4.43. The molecule has 1 saturated heterocycles. The van der Waals surface area contributed by atoms with Gasteiger partial charge in [0.25, 0.3) is 0 Å². The van der Waals surface area contributed by atoms with Crippen molar-refractivity contribution in [3.8, 4) is 0 Å². The van der Waals surface area contributed by atoms with E-state index in [0.29, 0.717) is 25.6 Å². The van der Waals surface area contributed by atoms with Gasteiger partial charge < -0.3 is 10.5 Å². The van der Waals surface area contributed by atoms with Gasteiger partial charge in [0.05, 0.1) is 12.3 Å². The number of para-hydroxylation sites is 1. The van der Waals surface area contributed by atoms with Crippen molar-refractivity contribution >= 4 is 11.8 Å². The van der Waals surface area contributed by atoms with Gasteiger partial charge in [-0.2, -0.15) is 0 Å². The zero-order valence-electron chi connectivity index (χ0n) is 11.7. The number of aryl methyl sites for hydroxylation is 2. The van der Waals surface area contributed by atoms with Crippen LogP contribution in [0.4, 0.5) is 10.5 Å². The Bertz CT molecular complexity index is 459. The summed E-state index contributed by atoms with van der Waals surface area (Å²) in [5.74, 6) is 0.326. The fourth-order valence-electron chi connectivity index (χ4n) is 2.64. The van der Waals surface area contributed by atoms with Crippen molar-refractivity contribution in [1.82, 2.24) is 0 Å². The first-order valence-corrected chi connectivity index (χ1v) is 6.90. The van der Waals surface area contributed by atoms with Gasteiger partial charge in [0.2, 0.25) is 0 Å². The van der Waals surface area contributed by atoms with Crippen LogP contribution in [0.25, 0.3) is 0 Å². The van der Waals surface area contributed by atoms with Crippen molar-refractivity contribution in [1.29, 1.82) is 0 Å². The predicted octanol–water partition coefficient (Wildman–Crippen LogP) is 2.48. The maximum Gasteiger partial charge on any atom is 0.414 e. The summed E-state index contributed by atoms with van der Waals surface area (Å²) in [6.45, 7) is 5.96. The molecule has 19 heavy (non-hydrogen) atoms. The standard InChI is InChI=1S/C15H22N2O2/c1-3-13-6-4-5-11(2)14(13)17-9-12(7-8-16)10-19-15(17)18/h4-6,12H,3,7-10,16H2,1-2H3. The molecule has 0 radical (unpaired) electrons. The molecule has 1 fully saturated rings. The van der Waals surface area contributed by atoms with E-state index in [4.69, 9.17) is 10.5 Å². The number of nitrogens with zero attached hydrogens (tertiary/aromatic N) is 1. The Labute approximate surface area is 114 Å². The Balaban J connectivity index is 2.30. The summed E-state index contributed by atoms with van der Waals surface area (Å²) in [5, 5.41) is 0. The zero-order chi connectivity index (χ0) is 13.8. The van der Waals surface area contributed by atoms with E-state index >= 15 is 0 Å². The van der Waals surface area contributed by atoms with E-state index in [1.54, 1.807) is 4.90 Å². The Morgan fingerprint density at radius 3 is 2.95 bits per heavy atom. The number of rotatable bonds is 4. The molecule has 0 saturated carbocycles. The third-order valence-corrected chi connectivity index (χ3v) is 3.65. The Morgan fingerprint density at radius 1 is 1.47 bits per heavy atom. The molecule has 1 aliphatic heterocycles. The molecular weight excluding hydrogens is 240 g/mol. The van der Waals surface area contributed by atoms with E-state index in [0.717, 1.165) is 24.1 Å². The third kappa shape index (κ3) is 2.89. The van der Waals surface area contributed by atoms with Crippen LogP contribution in [-0.2, 0) is 11.2 Å². The molecule has 1 aromatic rings. The Hall–Kier alpha value is -1.55. The van der Waals surface area contributed by atoms with Gasteiger partial charge >= 0.3 is 6.09 Å². The lowest BCUT2D eigenvalue weighted by Crippen LogP contribution is -2.44. The minimum Gasteiger partial charge on any atom is -0.449 e. The molecule has 104 valence electrons. The van der Waals surface area contributed by atoms with Crippen LogP contribution in [0.2, 0.25) is 0 Å². The molecule has 1 atom stereocenters. The van der Waals surface area contributed by atoms with Gasteiger partial charge in [-0.3, -0.25) is 4.90 Å². The topological polar surface area (TPSA) is 55.6 Å². The number of cyclic esters (lactones) is 1. The largest absolute Gasteiger partial charge is 0.449 e. The van der Waals surface area contributed by atoms with Gasteiger partial charge in [-0.1, -0.05) is 25.1 Å². The van der Waals surface area contributed by atoms with Crippen LogP contribution in [0.1, 0.15) is 24.5 Å². The molecule has 0 aliphatic carbocycles. The normalized spacial score (nSPS) is 19.4. The highest BCUT2D eigenvalue weighted by Gasteiger charge is 2.29. The molecule has 1 unspecified atom stereocenters. The van der Waals surface area contributed by atoms with E-state index in [1.807, 2.05) is 19.1 Å². The lowest BCUT2D eigenvalue weighted by molar-refractivity contribution is 0.113. The fourth-order valence-corrected chi connectivity index (χ4v) is 2.64. The molecule has 1 heterocycles. The number of ether oxygens (including phenoxy) is 1. The van der Waals surface area contributed by atoms with Crippen molar-refractivity contribution < 1.29 is 9.53 Å². The van der Waals surface area contributed by atoms with Gasteiger partial charge in [-0.05, 0) is 37.4 Å². The summed E-state index contributed by atoms with van der Waals surface area (Å²) in [7, 11) is 0. The van der Waals surface area contributed by atoms with Crippen molar-refractivity contribution in [2.24, 2.45) is 11.7 Å². The number of benzene rings is 1. The Morgan fingerprint density at radius 2 is 2.26 bits per heavy atom. The number of hydrogen-bond donors (Lipinski definition) is 1. The fraction of sp³-hybridized carbons (Fsp3) is 0.533. The van der Waals surface area contributed by atoms with Crippen LogP contribution in [0.5, 0.6) is 0 Å². The summed E-state index contributed by atoms with van der Waals surface area (Å²) in [6.07, 6.45) is 1.55. The minimum atomic E-state index is -0.239. The first kappa shape index (κ1) is 13.9.